The first kappa shape index (κ1) is 22.5. The molecule has 0 radical (unpaired) electrons. The molecule has 176 valence electrons. The van der Waals surface area contributed by atoms with E-state index in [1.165, 1.54) is 22.9 Å². The molecule has 0 aliphatic heterocycles. The number of fused-ring (bicyclic) bond motifs is 4. The molecule has 1 aromatic rings. The van der Waals surface area contributed by atoms with Gasteiger partial charge < -0.3 is 15.1 Å². The minimum atomic E-state index is -0.770. The zero-order valence-electron chi connectivity index (χ0n) is 19.6. The monoisotopic (exact) mass is 449 g/mol. The number of hydrogen-bond acceptors (Lipinski definition) is 5. The Labute approximate surface area is 196 Å². The van der Waals surface area contributed by atoms with Gasteiger partial charge in [0.15, 0.2) is 5.78 Å². The number of ether oxygens (including phenoxy) is 1. The van der Waals surface area contributed by atoms with E-state index in [1.54, 1.807) is 5.57 Å². The van der Waals surface area contributed by atoms with Gasteiger partial charge in [0.2, 0.25) is 0 Å². The molecule has 4 atom stereocenters. The Bertz CT molecular complexity index is 1010. The third-order valence-corrected chi connectivity index (χ3v) is 9.12. The smallest absolute Gasteiger partial charge is 0.156 e. The van der Waals surface area contributed by atoms with Crippen molar-refractivity contribution in [2.24, 2.45) is 22.4 Å². The zero-order chi connectivity index (χ0) is 23.1. The van der Waals surface area contributed by atoms with E-state index < -0.39 is 5.60 Å². The van der Waals surface area contributed by atoms with Gasteiger partial charge in [-0.2, -0.15) is 0 Å². The number of allylic oxidation sites excluding steroid dienone is 4. The van der Waals surface area contributed by atoms with Gasteiger partial charge in [0.05, 0.1) is 25.0 Å². The second-order valence-electron chi connectivity index (χ2n) is 10.7. The minimum absolute atomic E-state index is 0.112. The van der Waals surface area contributed by atoms with Gasteiger partial charge in [0.1, 0.15) is 0 Å². The van der Waals surface area contributed by atoms with E-state index in [9.17, 15) is 9.90 Å². The van der Waals surface area contributed by atoms with E-state index in [4.69, 9.17) is 9.94 Å². The number of ketones is 1. The summed E-state index contributed by atoms with van der Waals surface area (Å²) in [7, 11) is 0. The summed E-state index contributed by atoms with van der Waals surface area (Å²) < 4.78 is 6.08. The molecule has 0 bridgehead atoms. The Balaban J connectivity index is 1.23. The lowest BCUT2D eigenvalue weighted by Crippen LogP contribution is -2.52. The van der Waals surface area contributed by atoms with Gasteiger partial charge in [-0.3, -0.25) is 4.79 Å². The van der Waals surface area contributed by atoms with Crippen LogP contribution < -0.4 is 0 Å². The van der Waals surface area contributed by atoms with Crippen LogP contribution in [0.4, 0.5) is 0 Å². The molecule has 5 nitrogen and oxygen atoms in total. The second-order valence-corrected chi connectivity index (χ2v) is 10.7. The first-order valence-corrected chi connectivity index (χ1v) is 12.5. The molecule has 4 aliphatic rings. The van der Waals surface area contributed by atoms with Crippen LogP contribution in [0.2, 0.25) is 0 Å². The molecule has 0 aromatic heterocycles. The third-order valence-electron chi connectivity index (χ3n) is 9.12. The first-order chi connectivity index (χ1) is 15.9. The van der Waals surface area contributed by atoms with Gasteiger partial charge in [0, 0.05) is 11.8 Å². The fourth-order valence-corrected chi connectivity index (χ4v) is 7.15. The lowest BCUT2D eigenvalue weighted by atomic mass is 9.55. The van der Waals surface area contributed by atoms with Crippen molar-refractivity contribution in [2.75, 3.05) is 13.2 Å². The molecule has 5 heteroatoms. The molecule has 0 spiro atoms. The summed E-state index contributed by atoms with van der Waals surface area (Å²) in [5.41, 5.74) is 5.52. The van der Waals surface area contributed by atoms with Gasteiger partial charge in [-0.1, -0.05) is 41.9 Å². The van der Waals surface area contributed by atoms with Crippen LogP contribution in [0.3, 0.4) is 0 Å². The number of oxime groups is 1. The van der Waals surface area contributed by atoms with E-state index in [2.05, 4.69) is 12.1 Å². The number of aliphatic hydroxyl groups is 1. The van der Waals surface area contributed by atoms with Crippen molar-refractivity contribution in [3.05, 3.63) is 58.2 Å². The number of nitrogens with zero attached hydrogens (tertiary/aromatic N) is 1. The van der Waals surface area contributed by atoms with Crippen LogP contribution in [0.5, 0.6) is 0 Å². The molecule has 0 amide bonds. The van der Waals surface area contributed by atoms with Crippen molar-refractivity contribution in [1.29, 1.82) is 0 Å². The lowest BCUT2D eigenvalue weighted by molar-refractivity contribution is -0.132. The summed E-state index contributed by atoms with van der Waals surface area (Å²) in [6, 6.07) is 7.88. The van der Waals surface area contributed by atoms with Crippen LogP contribution in [-0.2, 0) is 16.0 Å². The van der Waals surface area contributed by atoms with Gasteiger partial charge in [-0.25, -0.2) is 0 Å². The second kappa shape index (κ2) is 8.84. The van der Waals surface area contributed by atoms with E-state index in [1.807, 2.05) is 30.3 Å². The SMILES string of the molecule is C[C@]12CCC3=C4CCC(=O)C=C4CC[C@H]3[C@@H]1CC[C@@]2(O)COCCc1ccc(C=NO)cc1. The molecule has 2 saturated carbocycles. The largest absolute Gasteiger partial charge is 0.411 e. The van der Waals surface area contributed by atoms with Gasteiger partial charge >= 0.3 is 0 Å². The Morgan fingerprint density at radius 2 is 1.94 bits per heavy atom. The van der Waals surface area contributed by atoms with Crippen molar-refractivity contribution in [2.45, 2.75) is 70.3 Å². The van der Waals surface area contributed by atoms with Crippen molar-refractivity contribution >= 4 is 12.0 Å². The van der Waals surface area contributed by atoms with Crippen LogP contribution in [0.1, 0.15) is 69.4 Å². The molecule has 2 N–H and O–H groups in total. The maximum absolute atomic E-state index is 11.9. The van der Waals surface area contributed by atoms with Crippen LogP contribution in [0.25, 0.3) is 0 Å². The van der Waals surface area contributed by atoms with Crippen LogP contribution in [0.15, 0.2) is 52.2 Å². The van der Waals surface area contributed by atoms with Crippen molar-refractivity contribution < 1.29 is 19.8 Å². The zero-order valence-corrected chi connectivity index (χ0v) is 19.6. The Morgan fingerprint density at radius 3 is 2.73 bits per heavy atom. The number of benzene rings is 1. The normalized spacial score (nSPS) is 33.6. The quantitative estimate of drug-likeness (QED) is 0.278. The van der Waals surface area contributed by atoms with Crippen molar-refractivity contribution in [1.82, 2.24) is 0 Å². The molecule has 0 unspecified atom stereocenters. The topological polar surface area (TPSA) is 79.1 Å². The molecular formula is C28H35NO4. The third kappa shape index (κ3) is 4.00. The fourth-order valence-electron chi connectivity index (χ4n) is 7.15. The van der Waals surface area contributed by atoms with Crippen molar-refractivity contribution in [3.8, 4) is 0 Å². The number of hydrogen-bond donors (Lipinski definition) is 2. The van der Waals surface area contributed by atoms with Crippen LogP contribution in [0, 0.1) is 17.3 Å². The molecule has 33 heavy (non-hydrogen) atoms. The average molecular weight is 450 g/mol. The highest BCUT2D eigenvalue weighted by molar-refractivity contribution is 5.93. The summed E-state index contributed by atoms with van der Waals surface area (Å²) in [6.07, 6.45) is 11.7. The summed E-state index contributed by atoms with van der Waals surface area (Å²) >= 11 is 0. The number of rotatable bonds is 6. The molecule has 5 rings (SSSR count). The minimum Gasteiger partial charge on any atom is -0.411 e. The molecule has 0 saturated heterocycles. The van der Waals surface area contributed by atoms with E-state index >= 15 is 0 Å². The molecule has 0 heterocycles. The predicted octanol–water partition coefficient (Wildman–Crippen LogP) is 4.99. The summed E-state index contributed by atoms with van der Waals surface area (Å²) in [5.74, 6) is 1.34. The summed E-state index contributed by atoms with van der Waals surface area (Å²) in [4.78, 5) is 11.9. The van der Waals surface area contributed by atoms with E-state index in [0.717, 1.165) is 56.9 Å². The van der Waals surface area contributed by atoms with Gasteiger partial charge in [-0.05, 0) is 91.6 Å². The maximum atomic E-state index is 11.9. The Kier molecular flexibility index (Phi) is 6.04. The average Bonchev–Trinajstić information content (AvgIpc) is 3.08. The lowest BCUT2D eigenvalue weighted by Gasteiger charge is -2.51. The summed E-state index contributed by atoms with van der Waals surface area (Å²) in [5, 5.41) is 23.4. The van der Waals surface area contributed by atoms with E-state index in [-0.39, 0.29) is 11.2 Å². The van der Waals surface area contributed by atoms with Crippen LogP contribution in [-0.4, -0.2) is 41.1 Å². The standard InChI is InChI=1S/C28H35NO4/c1-27-13-10-24-23-9-7-22(30)16-21(23)6-8-25(24)26(27)11-14-28(27,31)18-33-15-12-19-2-4-20(5-3-19)17-29-32/h2-5,16-17,25-26,31-32H,6-15,18H2,1H3/t25-,26+,27+,28-/m1/s1. The highest BCUT2D eigenvalue weighted by atomic mass is 16.5. The maximum Gasteiger partial charge on any atom is 0.156 e. The Hall–Kier alpha value is -2.24. The van der Waals surface area contributed by atoms with Gasteiger partial charge in [-0.15, -0.1) is 0 Å². The van der Waals surface area contributed by atoms with Crippen molar-refractivity contribution in [3.63, 3.8) is 0 Å². The number of carbonyl (C=O) groups excluding carboxylic acids is 1. The fraction of sp³-hybridized carbons (Fsp3) is 0.571. The molecule has 2 fully saturated rings. The molecule has 1 aromatic carbocycles. The first-order valence-electron chi connectivity index (χ1n) is 12.5. The van der Waals surface area contributed by atoms with Gasteiger partial charge in [0.25, 0.3) is 0 Å². The molecule has 4 aliphatic carbocycles. The summed E-state index contributed by atoms with van der Waals surface area (Å²) in [6.45, 7) is 3.28. The molecular weight excluding hydrogens is 414 g/mol. The number of carbonyl (C=O) groups is 1. The van der Waals surface area contributed by atoms with E-state index in [0.29, 0.717) is 31.5 Å². The highest BCUT2D eigenvalue weighted by Crippen LogP contribution is 2.63. The highest BCUT2D eigenvalue weighted by Gasteiger charge is 2.60. The Morgan fingerprint density at radius 1 is 1.12 bits per heavy atom. The van der Waals surface area contributed by atoms with Crippen LogP contribution >= 0.6 is 0 Å². The predicted molar refractivity (Wildman–Crippen MR) is 127 cm³/mol.